The summed E-state index contributed by atoms with van der Waals surface area (Å²) in [5, 5.41) is 0. The first-order valence-electron chi connectivity index (χ1n) is 4.44. The second-order valence-electron chi connectivity index (χ2n) is 2.84. The van der Waals surface area contributed by atoms with Gasteiger partial charge in [-0.2, -0.15) is 12.8 Å². The van der Waals surface area contributed by atoms with Crippen molar-refractivity contribution in [2.45, 2.75) is 25.2 Å². The molecule has 0 saturated heterocycles. The van der Waals surface area contributed by atoms with E-state index in [0.717, 1.165) is 12.0 Å². The second-order valence-corrected chi connectivity index (χ2v) is 4.47. The van der Waals surface area contributed by atoms with Crippen molar-refractivity contribution in [2.75, 3.05) is 0 Å². The Hall–Kier alpha value is -1.16. The standard InChI is InChI=1S/C10H13NO2S/c1-3-9-5-7-10(8-6-9)14(12,13)11-4-2/h4-8H,3H2,1-2H3/b11-4+. The number of rotatable bonds is 3. The molecule has 0 heterocycles. The lowest BCUT2D eigenvalue weighted by Crippen LogP contribution is -1.96. The van der Waals surface area contributed by atoms with Crippen LogP contribution in [0.3, 0.4) is 0 Å². The van der Waals surface area contributed by atoms with Gasteiger partial charge in [-0.1, -0.05) is 19.1 Å². The molecule has 0 radical (unpaired) electrons. The molecule has 76 valence electrons. The van der Waals surface area contributed by atoms with Gasteiger partial charge >= 0.3 is 0 Å². The summed E-state index contributed by atoms with van der Waals surface area (Å²) in [5.74, 6) is 0. The fourth-order valence-electron chi connectivity index (χ4n) is 1.10. The Balaban J connectivity index is 3.09. The van der Waals surface area contributed by atoms with Crippen LogP contribution in [0.25, 0.3) is 0 Å². The lowest BCUT2D eigenvalue weighted by Gasteiger charge is -1.99. The van der Waals surface area contributed by atoms with Crippen molar-refractivity contribution in [3.05, 3.63) is 29.8 Å². The largest absolute Gasteiger partial charge is 0.281 e. The van der Waals surface area contributed by atoms with Crippen LogP contribution >= 0.6 is 0 Å². The maximum absolute atomic E-state index is 11.4. The van der Waals surface area contributed by atoms with Gasteiger partial charge in [0.05, 0.1) is 4.90 Å². The van der Waals surface area contributed by atoms with Crippen molar-refractivity contribution in [1.82, 2.24) is 0 Å². The Morgan fingerprint density at radius 2 is 1.86 bits per heavy atom. The molecule has 0 aliphatic carbocycles. The van der Waals surface area contributed by atoms with Gasteiger partial charge in [-0.05, 0) is 31.0 Å². The molecule has 0 aliphatic rings. The van der Waals surface area contributed by atoms with E-state index >= 15 is 0 Å². The van der Waals surface area contributed by atoms with Gasteiger partial charge < -0.3 is 0 Å². The van der Waals surface area contributed by atoms with Crippen LogP contribution in [0.4, 0.5) is 0 Å². The van der Waals surface area contributed by atoms with Gasteiger partial charge in [0, 0.05) is 6.21 Å². The maximum Gasteiger partial charge on any atom is 0.281 e. The molecule has 14 heavy (non-hydrogen) atoms. The molecule has 4 heteroatoms. The van der Waals surface area contributed by atoms with Gasteiger partial charge in [-0.3, -0.25) is 0 Å². The number of hydrogen-bond donors (Lipinski definition) is 0. The molecule has 0 fully saturated rings. The fraction of sp³-hybridized carbons (Fsp3) is 0.300. The minimum Gasteiger partial charge on any atom is -0.199 e. The Kier molecular flexibility index (Phi) is 3.41. The average Bonchev–Trinajstić information content (AvgIpc) is 2.18. The maximum atomic E-state index is 11.4. The van der Waals surface area contributed by atoms with Gasteiger partial charge in [0.15, 0.2) is 0 Å². The van der Waals surface area contributed by atoms with Crippen molar-refractivity contribution in [2.24, 2.45) is 4.40 Å². The van der Waals surface area contributed by atoms with E-state index < -0.39 is 10.0 Å². The molecule has 0 aromatic heterocycles. The third-order valence-corrected chi connectivity index (χ3v) is 3.23. The lowest BCUT2D eigenvalue weighted by molar-refractivity contribution is 0.598. The van der Waals surface area contributed by atoms with Crippen LogP contribution in [0, 0.1) is 0 Å². The van der Waals surface area contributed by atoms with Crippen molar-refractivity contribution in [1.29, 1.82) is 0 Å². The van der Waals surface area contributed by atoms with E-state index in [-0.39, 0.29) is 4.90 Å². The van der Waals surface area contributed by atoms with Crippen LogP contribution in [0.5, 0.6) is 0 Å². The van der Waals surface area contributed by atoms with E-state index in [1.165, 1.54) is 6.21 Å². The summed E-state index contributed by atoms with van der Waals surface area (Å²) in [4.78, 5) is 0.243. The summed E-state index contributed by atoms with van der Waals surface area (Å²) in [6, 6.07) is 6.78. The zero-order valence-corrected chi connectivity index (χ0v) is 9.08. The van der Waals surface area contributed by atoms with Crippen molar-refractivity contribution < 1.29 is 8.42 Å². The average molecular weight is 211 g/mol. The third-order valence-electron chi connectivity index (χ3n) is 1.87. The molecular weight excluding hydrogens is 198 g/mol. The first-order chi connectivity index (χ1) is 6.60. The Bertz CT molecular complexity index is 418. The monoisotopic (exact) mass is 211 g/mol. The molecule has 0 amide bonds. The number of benzene rings is 1. The molecule has 1 aromatic rings. The Morgan fingerprint density at radius 3 is 2.29 bits per heavy atom. The predicted octanol–water partition coefficient (Wildman–Crippen LogP) is 2.03. The van der Waals surface area contributed by atoms with Crippen LogP contribution in [-0.2, 0) is 16.4 Å². The van der Waals surface area contributed by atoms with E-state index in [1.54, 1.807) is 31.2 Å². The van der Waals surface area contributed by atoms with Gasteiger partial charge in [-0.15, -0.1) is 0 Å². The summed E-state index contributed by atoms with van der Waals surface area (Å²) in [6.07, 6.45) is 2.18. The number of hydrogen-bond acceptors (Lipinski definition) is 2. The quantitative estimate of drug-likeness (QED) is 0.718. The van der Waals surface area contributed by atoms with Gasteiger partial charge in [-0.25, -0.2) is 0 Å². The molecule has 0 saturated carbocycles. The molecule has 0 atom stereocenters. The molecular formula is C10H13NO2S. The highest BCUT2D eigenvalue weighted by Gasteiger charge is 2.09. The number of sulfonamides is 1. The normalized spacial score (nSPS) is 12.1. The van der Waals surface area contributed by atoms with Gasteiger partial charge in [0.1, 0.15) is 0 Å². The summed E-state index contributed by atoms with van der Waals surface area (Å²) in [6.45, 7) is 3.60. The molecule has 1 rings (SSSR count). The van der Waals surface area contributed by atoms with Gasteiger partial charge in [0.2, 0.25) is 0 Å². The van der Waals surface area contributed by atoms with E-state index in [4.69, 9.17) is 0 Å². The Morgan fingerprint density at radius 1 is 1.29 bits per heavy atom. The molecule has 0 unspecified atom stereocenters. The highest BCUT2D eigenvalue weighted by atomic mass is 32.2. The van der Waals surface area contributed by atoms with Crippen molar-refractivity contribution in [3.8, 4) is 0 Å². The minimum atomic E-state index is -3.47. The summed E-state index contributed by atoms with van der Waals surface area (Å²) >= 11 is 0. The Labute approximate surface area is 84.5 Å². The van der Waals surface area contributed by atoms with Crippen molar-refractivity contribution in [3.63, 3.8) is 0 Å². The number of nitrogens with zero attached hydrogens (tertiary/aromatic N) is 1. The first-order valence-corrected chi connectivity index (χ1v) is 5.88. The van der Waals surface area contributed by atoms with E-state index in [1.807, 2.05) is 6.92 Å². The van der Waals surface area contributed by atoms with Crippen LogP contribution in [-0.4, -0.2) is 14.6 Å². The van der Waals surface area contributed by atoms with Gasteiger partial charge in [0.25, 0.3) is 10.0 Å². The van der Waals surface area contributed by atoms with Crippen molar-refractivity contribution >= 4 is 16.2 Å². The third kappa shape index (κ3) is 2.42. The van der Waals surface area contributed by atoms with E-state index in [9.17, 15) is 8.42 Å². The first kappa shape index (κ1) is 10.9. The highest BCUT2D eigenvalue weighted by Crippen LogP contribution is 2.13. The molecule has 0 spiro atoms. The smallest absolute Gasteiger partial charge is 0.199 e. The molecule has 0 aliphatic heterocycles. The highest BCUT2D eigenvalue weighted by molar-refractivity contribution is 7.90. The molecule has 0 N–H and O–H groups in total. The van der Waals surface area contributed by atoms with Crippen LogP contribution in [0.15, 0.2) is 33.6 Å². The van der Waals surface area contributed by atoms with Crippen LogP contribution < -0.4 is 0 Å². The predicted molar refractivity (Wildman–Crippen MR) is 57.2 cm³/mol. The lowest BCUT2D eigenvalue weighted by atomic mass is 10.2. The zero-order chi connectivity index (χ0) is 10.6. The van der Waals surface area contributed by atoms with Crippen LogP contribution in [0.2, 0.25) is 0 Å². The summed E-state index contributed by atoms with van der Waals surface area (Å²) in [5.41, 5.74) is 1.12. The molecule has 1 aromatic carbocycles. The zero-order valence-electron chi connectivity index (χ0n) is 8.27. The SMILES string of the molecule is C/C=N/S(=O)(=O)c1ccc(CC)cc1. The van der Waals surface area contributed by atoms with E-state index in [0.29, 0.717) is 0 Å². The fourth-order valence-corrected chi connectivity index (χ4v) is 1.98. The summed E-state index contributed by atoms with van der Waals surface area (Å²) in [7, 11) is -3.47. The van der Waals surface area contributed by atoms with E-state index in [2.05, 4.69) is 4.40 Å². The molecule has 0 bridgehead atoms. The topological polar surface area (TPSA) is 46.5 Å². The van der Waals surface area contributed by atoms with Crippen LogP contribution in [0.1, 0.15) is 19.4 Å². The minimum absolute atomic E-state index is 0.243. The summed E-state index contributed by atoms with van der Waals surface area (Å²) < 4.78 is 26.3. The molecule has 3 nitrogen and oxygen atoms in total. The second kappa shape index (κ2) is 4.37. The number of aryl methyl sites for hydroxylation is 1.